The van der Waals surface area contributed by atoms with Gasteiger partial charge in [0.1, 0.15) is 6.04 Å². The molecule has 1 aliphatic rings. The number of hydrogen-bond donors (Lipinski definition) is 0. The van der Waals surface area contributed by atoms with Crippen LogP contribution in [0.15, 0.2) is 31.1 Å². The summed E-state index contributed by atoms with van der Waals surface area (Å²) < 4.78 is 3.79. The van der Waals surface area contributed by atoms with Crippen molar-refractivity contribution in [3.63, 3.8) is 0 Å². The zero-order chi connectivity index (χ0) is 14.8. The van der Waals surface area contributed by atoms with Gasteiger partial charge in [-0.3, -0.25) is 9.48 Å². The molecule has 0 N–H and O–H groups in total. The fraction of sp³-hybridized carbons (Fsp3) is 0.533. The SMILES string of the molecule is Cc1cnn(C[C@@H]2CCCN2C(=O)[C@H](C)n2ccnc2)c1. The number of aryl methyl sites for hydroxylation is 1. The third-order valence-electron chi connectivity index (χ3n) is 4.15. The van der Waals surface area contributed by atoms with Crippen LogP contribution in [0.4, 0.5) is 0 Å². The minimum atomic E-state index is -0.201. The van der Waals surface area contributed by atoms with Crippen LogP contribution in [0, 0.1) is 6.92 Å². The van der Waals surface area contributed by atoms with Crippen LogP contribution in [-0.2, 0) is 11.3 Å². The molecule has 1 fully saturated rings. The predicted molar refractivity (Wildman–Crippen MR) is 78.6 cm³/mol. The summed E-state index contributed by atoms with van der Waals surface area (Å²) in [5, 5.41) is 4.33. The van der Waals surface area contributed by atoms with E-state index in [2.05, 4.69) is 10.1 Å². The highest BCUT2D eigenvalue weighted by atomic mass is 16.2. The van der Waals surface area contributed by atoms with Gasteiger partial charge in [-0.25, -0.2) is 4.98 Å². The van der Waals surface area contributed by atoms with Gasteiger partial charge in [-0.15, -0.1) is 0 Å². The number of carbonyl (C=O) groups is 1. The maximum Gasteiger partial charge on any atom is 0.245 e. The molecule has 0 radical (unpaired) electrons. The smallest absolute Gasteiger partial charge is 0.245 e. The second-order valence-electron chi connectivity index (χ2n) is 5.75. The first-order valence-corrected chi connectivity index (χ1v) is 7.42. The van der Waals surface area contributed by atoms with E-state index in [9.17, 15) is 4.79 Å². The van der Waals surface area contributed by atoms with Gasteiger partial charge in [0.2, 0.25) is 5.91 Å². The van der Waals surface area contributed by atoms with Crippen LogP contribution in [0.1, 0.15) is 31.4 Å². The van der Waals surface area contributed by atoms with Gasteiger partial charge in [0.15, 0.2) is 0 Å². The number of amides is 1. The lowest BCUT2D eigenvalue weighted by atomic mass is 10.2. The minimum Gasteiger partial charge on any atom is -0.336 e. The van der Waals surface area contributed by atoms with Gasteiger partial charge in [-0.2, -0.15) is 5.10 Å². The first kappa shape index (κ1) is 13.9. The molecule has 1 aliphatic heterocycles. The third-order valence-corrected chi connectivity index (χ3v) is 4.15. The van der Waals surface area contributed by atoms with E-state index in [1.165, 1.54) is 0 Å². The number of imidazole rings is 1. The number of aromatic nitrogens is 4. The van der Waals surface area contributed by atoms with Gasteiger partial charge >= 0.3 is 0 Å². The Morgan fingerprint density at radius 3 is 3.05 bits per heavy atom. The average Bonchev–Trinajstić information content (AvgIpc) is 3.19. The second-order valence-corrected chi connectivity index (χ2v) is 5.75. The summed E-state index contributed by atoms with van der Waals surface area (Å²) in [7, 11) is 0. The molecule has 21 heavy (non-hydrogen) atoms. The van der Waals surface area contributed by atoms with E-state index in [0.29, 0.717) is 0 Å². The van der Waals surface area contributed by atoms with Gasteiger partial charge in [0.05, 0.1) is 25.1 Å². The Morgan fingerprint density at radius 2 is 2.38 bits per heavy atom. The van der Waals surface area contributed by atoms with E-state index in [-0.39, 0.29) is 18.0 Å². The summed E-state index contributed by atoms with van der Waals surface area (Å²) in [5.41, 5.74) is 1.15. The van der Waals surface area contributed by atoms with Gasteiger partial charge < -0.3 is 9.47 Å². The summed E-state index contributed by atoms with van der Waals surface area (Å²) in [6, 6.07) is 0.0372. The largest absolute Gasteiger partial charge is 0.336 e. The molecule has 0 aromatic carbocycles. The Hall–Kier alpha value is -2.11. The van der Waals surface area contributed by atoms with Crippen LogP contribution >= 0.6 is 0 Å². The Morgan fingerprint density at radius 1 is 1.52 bits per heavy atom. The molecule has 0 unspecified atom stereocenters. The third kappa shape index (κ3) is 2.84. The molecule has 0 bridgehead atoms. The lowest BCUT2D eigenvalue weighted by Crippen LogP contribution is -2.41. The summed E-state index contributed by atoms with van der Waals surface area (Å²) in [5.74, 6) is 0.166. The normalized spacial score (nSPS) is 19.9. The fourth-order valence-electron chi connectivity index (χ4n) is 2.96. The van der Waals surface area contributed by atoms with E-state index in [4.69, 9.17) is 0 Å². The molecule has 2 aromatic rings. The molecular weight excluding hydrogens is 266 g/mol. The lowest BCUT2D eigenvalue weighted by molar-refractivity contribution is -0.135. The standard InChI is InChI=1S/C15H21N5O/c1-12-8-17-19(9-12)10-14-4-3-6-20(14)15(21)13(2)18-7-5-16-11-18/h5,7-9,11,13-14H,3-4,6,10H2,1-2H3/t13-,14-/m0/s1. The van der Waals surface area contributed by atoms with Crippen LogP contribution in [0.2, 0.25) is 0 Å². The van der Waals surface area contributed by atoms with Crippen molar-refractivity contribution in [3.05, 3.63) is 36.7 Å². The van der Waals surface area contributed by atoms with Gasteiger partial charge in [0, 0.05) is 25.1 Å². The summed E-state index contributed by atoms with van der Waals surface area (Å²) in [6.07, 6.45) is 11.2. The Bertz CT molecular complexity index is 603. The number of nitrogens with zero attached hydrogens (tertiary/aromatic N) is 5. The van der Waals surface area contributed by atoms with Crippen molar-refractivity contribution in [2.75, 3.05) is 6.54 Å². The average molecular weight is 287 g/mol. The van der Waals surface area contributed by atoms with E-state index < -0.39 is 0 Å². The zero-order valence-electron chi connectivity index (χ0n) is 12.5. The molecule has 0 saturated carbocycles. The minimum absolute atomic E-state index is 0.166. The van der Waals surface area contributed by atoms with Crippen molar-refractivity contribution in [3.8, 4) is 0 Å². The van der Waals surface area contributed by atoms with E-state index in [1.807, 2.05) is 46.6 Å². The molecule has 1 amide bonds. The number of likely N-dealkylation sites (tertiary alicyclic amines) is 1. The summed E-state index contributed by atoms with van der Waals surface area (Å²) >= 11 is 0. The first-order chi connectivity index (χ1) is 10.1. The van der Waals surface area contributed by atoms with Crippen molar-refractivity contribution in [1.29, 1.82) is 0 Å². The molecule has 3 rings (SSSR count). The maximum atomic E-state index is 12.7. The molecule has 0 spiro atoms. The Labute approximate surface area is 124 Å². The van der Waals surface area contributed by atoms with E-state index >= 15 is 0 Å². The van der Waals surface area contributed by atoms with Crippen molar-refractivity contribution in [2.24, 2.45) is 0 Å². The number of rotatable bonds is 4. The van der Waals surface area contributed by atoms with E-state index in [0.717, 1.165) is 31.5 Å². The van der Waals surface area contributed by atoms with Crippen LogP contribution in [0.3, 0.4) is 0 Å². The predicted octanol–water partition coefficient (Wildman–Crippen LogP) is 1.64. The maximum absolute atomic E-state index is 12.7. The van der Waals surface area contributed by atoms with E-state index in [1.54, 1.807) is 12.5 Å². The molecule has 0 aliphatic carbocycles. The molecule has 3 heterocycles. The molecular formula is C15H21N5O. The Kier molecular flexibility index (Phi) is 3.77. The number of hydrogen-bond acceptors (Lipinski definition) is 3. The molecule has 1 saturated heterocycles. The van der Waals surface area contributed by atoms with Crippen molar-refractivity contribution in [1.82, 2.24) is 24.2 Å². The molecule has 6 heteroatoms. The van der Waals surface area contributed by atoms with Crippen molar-refractivity contribution < 1.29 is 4.79 Å². The zero-order valence-corrected chi connectivity index (χ0v) is 12.5. The second kappa shape index (κ2) is 5.71. The van der Waals surface area contributed by atoms with Crippen LogP contribution in [-0.4, -0.2) is 42.7 Å². The summed E-state index contributed by atoms with van der Waals surface area (Å²) in [6.45, 7) is 5.57. The highest BCUT2D eigenvalue weighted by molar-refractivity contribution is 5.80. The van der Waals surface area contributed by atoms with Crippen molar-refractivity contribution >= 4 is 5.91 Å². The van der Waals surface area contributed by atoms with Gasteiger partial charge in [-0.1, -0.05) is 0 Å². The quantitative estimate of drug-likeness (QED) is 0.859. The van der Waals surface area contributed by atoms with Gasteiger partial charge in [-0.05, 0) is 32.3 Å². The van der Waals surface area contributed by atoms with Crippen molar-refractivity contribution in [2.45, 2.75) is 45.3 Å². The highest BCUT2D eigenvalue weighted by Gasteiger charge is 2.32. The lowest BCUT2D eigenvalue weighted by Gasteiger charge is -2.28. The van der Waals surface area contributed by atoms with Crippen LogP contribution in [0.5, 0.6) is 0 Å². The van der Waals surface area contributed by atoms with Crippen LogP contribution < -0.4 is 0 Å². The number of carbonyl (C=O) groups excluding carboxylic acids is 1. The summed E-state index contributed by atoms with van der Waals surface area (Å²) in [4.78, 5) is 18.7. The topological polar surface area (TPSA) is 56.0 Å². The molecule has 6 nitrogen and oxygen atoms in total. The Balaban J connectivity index is 1.70. The molecule has 2 aromatic heterocycles. The van der Waals surface area contributed by atoms with Gasteiger partial charge in [0.25, 0.3) is 0 Å². The van der Waals surface area contributed by atoms with Crippen LogP contribution in [0.25, 0.3) is 0 Å². The first-order valence-electron chi connectivity index (χ1n) is 7.42. The monoisotopic (exact) mass is 287 g/mol. The highest BCUT2D eigenvalue weighted by Crippen LogP contribution is 2.22. The molecule has 2 atom stereocenters. The molecule has 112 valence electrons. The fourth-order valence-corrected chi connectivity index (χ4v) is 2.96.